The Kier molecular flexibility index (Phi) is 4.52. The van der Waals surface area contributed by atoms with Gasteiger partial charge < -0.3 is 5.32 Å². The molecule has 1 N–H and O–H groups in total. The number of carbonyl (C=O) groups is 1. The highest BCUT2D eigenvalue weighted by Gasteiger charge is 2.15. The average Bonchev–Trinajstić information content (AvgIpc) is 3.23. The van der Waals surface area contributed by atoms with Gasteiger partial charge in [-0.1, -0.05) is 18.2 Å². The lowest BCUT2D eigenvalue weighted by Crippen LogP contribution is -2.14. The Bertz CT molecular complexity index is 1260. The van der Waals surface area contributed by atoms with E-state index in [-0.39, 0.29) is 10.8 Å². The number of amides is 1. The number of nitrogens with zero attached hydrogens (tertiary/aromatic N) is 2. The molecule has 4 rings (SSSR count). The van der Waals surface area contributed by atoms with E-state index in [2.05, 4.69) is 10.3 Å². The SMILES string of the molecule is Cc1ccc(S(C)(=O)=O)cc1C(=O)Nc1ccc(-c2cn3ccsc3n2)cc1. The molecule has 0 spiro atoms. The molecule has 0 aliphatic heterocycles. The molecule has 4 aromatic rings. The fourth-order valence-electron chi connectivity index (χ4n) is 2.87. The molecule has 142 valence electrons. The van der Waals surface area contributed by atoms with Crippen molar-refractivity contribution in [2.45, 2.75) is 11.8 Å². The summed E-state index contributed by atoms with van der Waals surface area (Å²) in [4.78, 5) is 18.2. The van der Waals surface area contributed by atoms with E-state index in [0.29, 0.717) is 16.8 Å². The van der Waals surface area contributed by atoms with Gasteiger partial charge in [-0.15, -0.1) is 11.3 Å². The van der Waals surface area contributed by atoms with Gasteiger partial charge in [0.05, 0.1) is 10.6 Å². The summed E-state index contributed by atoms with van der Waals surface area (Å²) in [5.74, 6) is -0.349. The van der Waals surface area contributed by atoms with Gasteiger partial charge >= 0.3 is 0 Å². The Balaban J connectivity index is 1.56. The van der Waals surface area contributed by atoms with Crippen LogP contribution in [0.25, 0.3) is 16.2 Å². The fraction of sp³-hybridized carbons (Fsp3) is 0.100. The molecule has 28 heavy (non-hydrogen) atoms. The summed E-state index contributed by atoms with van der Waals surface area (Å²) < 4.78 is 25.5. The normalized spacial score (nSPS) is 11.6. The van der Waals surface area contributed by atoms with Crippen molar-refractivity contribution in [2.24, 2.45) is 0 Å². The average molecular weight is 412 g/mol. The number of sulfone groups is 1. The molecule has 0 aliphatic carbocycles. The molecule has 1 amide bonds. The van der Waals surface area contributed by atoms with Crippen LogP contribution in [0.15, 0.2) is 65.1 Å². The highest BCUT2D eigenvalue weighted by molar-refractivity contribution is 7.90. The third kappa shape index (κ3) is 3.56. The van der Waals surface area contributed by atoms with Gasteiger partial charge in [-0.05, 0) is 36.8 Å². The molecule has 8 heteroatoms. The van der Waals surface area contributed by atoms with Crippen molar-refractivity contribution in [1.29, 1.82) is 0 Å². The summed E-state index contributed by atoms with van der Waals surface area (Å²) in [7, 11) is -3.38. The maximum atomic E-state index is 12.6. The Morgan fingerprint density at radius 2 is 1.89 bits per heavy atom. The number of hydrogen-bond acceptors (Lipinski definition) is 5. The third-order valence-electron chi connectivity index (χ3n) is 4.41. The molecule has 6 nitrogen and oxygen atoms in total. The number of aromatic nitrogens is 2. The van der Waals surface area contributed by atoms with Gasteiger partial charge in [0.1, 0.15) is 0 Å². The lowest BCUT2D eigenvalue weighted by atomic mass is 10.1. The topological polar surface area (TPSA) is 80.5 Å². The molecule has 2 heterocycles. The monoisotopic (exact) mass is 411 g/mol. The quantitative estimate of drug-likeness (QED) is 0.550. The second kappa shape index (κ2) is 6.88. The number of carbonyl (C=O) groups excluding carboxylic acids is 1. The number of nitrogens with one attached hydrogen (secondary N) is 1. The first-order valence-electron chi connectivity index (χ1n) is 8.46. The zero-order valence-electron chi connectivity index (χ0n) is 15.2. The lowest BCUT2D eigenvalue weighted by Gasteiger charge is -2.10. The van der Waals surface area contributed by atoms with Crippen molar-refractivity contribution in [1.82, 2.24) is 9.38 Å². The third-order valence-corrected chi connectivity index (χ3v) is 6.29. The van der Waals surface area contributed by atoms with Crippen LogP contribution in [0, 0.1) is 6.92 Å². The minimum absolute atomic E-state index is 0.123. The molecule has 0 fully saturated rings. The van der Waals surface area contributed by atoms with Crippen LogP contribution in [-0.2, 0) is 9.84 Å². The molecule has 0 saturated heterocycles. The number of anilines is 1. The summed E-state index contributed by atoms with van der Waals surface area (Å²) in [6.07, 6.45) is 5.04. The first kappa shape index (κ1) is 18.4. The predicted molar refractivity (Wildman–Crippen MR) is 111 cm³/mol. The molecule has 0 aliphatic rings. The fourth-order valence-corrected chi connectivity index (χ4v) is 4.21. The summed E-state index contributed by atoms with van der Waals surface area (Å²) in [5, 5.41) is 4.80. The molecular formula is C20H17N3O3S2. The maximum Gasteiger partial charge on any atom is 0.255 e. The van der Waals surface area contributed by atoms with Crippen LogP contribution >= 0.6 is 11.3 Å². The molecular weight excluding hydrogens is 394 g/mol. The van der Waals surface area contributed by atoms with Gasteiger partial charge in [0.15, 0.2) is 14.8 Å². The van der Waals surface area contributed by atoms with Crippen molar-refractivity contribution < 1.29 is 13.2 Å². The van der Waals surface area contributed by atoms with Crippen LogP contribution in [-0.4, -0.2) is 30.0 Å². The first-order chi connectivity index (χ1) is 13.3. The van der Waals surface area contributed by atoms with Crippen LogP contribution in [0.1, 0.15) is 15.9 Å². The molecule has 0 unspecified atom stereocenters. The van der Waals surface area contributed by atoms with Crippen molar-refractivity contribution in [2.75, 3.05) is 11.6 Å². The number of fused-ring (bicyclic) bond motifs is 1. The Hall–Kier alpha value is -2.97. The Morgan fingerprint density at radius 3 is 2.57 bits per heavy atom. The van der Waals surface area contributed by atoms with Gasteiger partial charge in [0.25, 0.3) is 5.91 Å². The molecule has 0 atom stereocenters. The van der Waals surface area contributed by atoms with E-state index in [9.17, 15) is 13.2 Å². The van der Waals surface area contributed by atoms with E-state index in [0.717, 1.165) is 22.5 Å². The summed E-state index contributed by atoms with van der Waals surface area (Å²) in [6, 6.07) is 11.9. The summed E-state index contributed by atoms with van der Waals surface area (Å²) in [5.41, 5.74) is 3.48. The molecule has 0 saturated carbocycles. The van der Waals surface area contributed by atoms with E-state index in [4.69, 9.17) is 0 Å². The van der Waals surface area contributed by atoms with E-state index in [1.165, 1.54) is 12.1 Å². The standard InChI is InChI=1S/C20H17N3O3S2/c1-13-3-8-16(28(2,25)26)11-17(13)19(24)21-15-6-4-14(5-7-15)18-12-23-9-10-27-20(23)22-18/h3-12H,1-2H3,(H,21,24). The van der Waals surface area contributed by atoms with Gasteiger partial charge in [-0.2, -0.15) is 0 Å². The minimum atomic E-state index is -3.38. The predicted octanol–water partition coefficient (Wildman–Crippen LogP) is 4.03. The van der Waals surface area contributed by atoms with Crippen molar-refractivity contribution in [3.8, 4) is 11.3 Å². The second-order valence-corrected chi connectivity index (χ2v) is 9.39. The van der Waals surface area contributed by atoms with E-state index >= 15 is 0 Å². The zero-order valence-corrected chi connectivity index (χ0v) is 16.8. The lowest BCUT2D eigenvalue weighted by molar-refractivity contribution is 0.102. The van der Waals surface area contributed by atoms with E-state index in [1.54, 1.807) is 36.5 Å². The summed E-state index contributed by atoms with van der Waals surface area (Å²) in [6.45, 7) is 1.77. The molecule has 0 bridgehead atoms. The highest BCUT2D eigenvalue weighted by Crippen LogP contribution is 2.24. The van der Waals surface area contributed by atoms with Gasteiger partial charge in [0.2, 0.25) is 0 Å². The van der Waals surface area contributed by atoms with Crippen molar-refractivity contribution in [3.05, 3.63) is 71.4 Å². The van der Waals surface area contributed by atoms with Crippen molar-refractivity contribution >= 4 is 37.7 Å². The van der Waals surface area contributed by atoms with Crippen LogP contribution in [0.4, 0.5) is 5.69 Å². The Morgan fingerprint density at radius 1 is 1.14 bits per heavy atom. The minimum Gasteiger partial charge on any atom is -0.322 e. The van der Waals surface area contributed by atoms with Crippen LogP contribution in [0.3, 0.4) is 0 Å². The number of aryl methyl sites for hydroxylation is 1. The van der Waals surface area contributed by atoms with Gasteiger partial charge in [0, 0.05) is 40.8 Å². The summed E-state index contributed by atoms with van der Waals surface area (Å²) >= 11 is 1.57. The van der Waals surface area contributed by atoms with E-state index < -0.39 is 9.84 Å². The number of hydrogen-bond donors (Lipinski definition) is 1. The smallest absolute Gasteiger partial charge is 0.255 e. The number of benzene rings is 2. The molecule has 2 aromatic heterocycles. The number of imidazole rings is 1. The van der Waals surface area contributed by atoms with Gasteiger partial charge in [-0.25, -0.2) is 13.4 Å². The van der Waals surface area contributed by atoms with Crippen LogP contribution < -0.4 is 5.32 Å². The Labute approximate surface area is 166 Å². The van der Waals surface area contributed by atoms with E-state index in [1.807, 2.05) is 34.3 Å². The highest BCUT2D eigenvalue weighted by atomic mass is 32.2. The van der Waals surface area contributed by atoms with Crippen LogP contribution in [0.2, 0.25) is 0 Å². The van der Waals surface area contributed by atoms with Crippen molar-refractivity contribution in [3.63, 3.8) is 0 Å². The molecule has 2 aromatic carbocycles. The van der Waals surface area contributed by atoms with Gasteiger partial charge in [-0.3, -0.25) is 9.20 Å². The second-order valence-electron chi connectivity index (χ2n) is 6.50. The maximum absolute atomic E-state index is 12.6. The number of rotatable bonds is 4. The largest absolute Gasteiger partial charge is 0.322 e. The first-order valence-corrected chi connectivity index (χ1v) is 11.2. The zero-order chi connectivity index (χ0) is 19.9. The molecule has 0 radical (unpaired) electrons. The number of thiazole rings is 1. The van der Waals surface area contributed by atoms with Crippen LogP contribution in [0.5, 0.6) is 0 Å².